The van der Waals surface area contributed by atoms with E-state index in [1.807, 2.05) is 35.1 Å². The molecule has 0 aromatic heterocycles. The van der Waals surface area contributed by atoms with Gasteiger partial charge in [-0.05, 0) is 29.8 Å². The number of ether oxygens (including phenoxy) is 1. The minimum absolute atomic E-state index is 0.0581. The van der Waals surface area contributed by atoms with Gasteiger partial charge in [-0.15, -0.1) is 0 Å². The molecule has 0 aliphatic heterocycles. The average molecular weight is 468 g/mol. The lowest BCUT2D eigenvalue weighted by Gasteiger charge is -2.26. The molecule has 2 N–H and O–H groups in total. The molecule has 9 heteroatoms. The van der Waals surface area contributed by atoms with Crippen LogP contribution in [-0.4, -0.2) is 40.6 Å². The Hall–Kier alpha value is -3.85. The van der Waals surface area contributed by atoms with E-state index in [2.05, 4.69) is 5.32 Å². The molecule has 0 saturated carbocycles. The van der Waals surface area contributed by atoms with E-state index in [0.717, 1.165) is 5.56 Å². The second-order valence-electron chi connectivity index (χ2n) is 7.20. The second-order valence-corrected chi connectivity index (χ2v) is 8.89. The van der Waals surface area contributed by atoms with E-state index in [1.165, 1.54) is 24.1 Å². The Kier molecular flexibility index (Phi) is 7.68. The number of sulfonamides is 1. The zero-order valence-electron chi connectivity index (χ0n) is 18.3. The highest BCUT2D eigenvalue weighted by Crippen LogP contribution is 2.27. The summed E-state index contributed by atoms with van der Waals surface area (Å²) in [4.78, 5) is 27.3. The van der Waals surface area contributed by atoms with E-state index in [0.29, 0.717) is 11.4 Å². The van der Waals surface area contributed by atoms with Crippen LogP contribution >= 0.6 is 0 Å². The molecule has 3 aromatic carbocycles. The van der Waals surface area contributed by atoms with Gasteiger partial charge in [-0.2, -0.15) is 0 Å². The van der Waals surface area contributed by atoms with E-state index in [-0.39, 0.29) is 11.3 Å². The molecular formula is C24H25N3O5S. The van der Waals surface area contributed by atoms with Crippen LogP contribution in [0.4, 0.5) is 10.5 Å². The first-order valence-corrected chi connectivity index (χ1v) is 11.6. The molecule has 0 aliphatic carbocycles. The van der Waals surface area contributed by atoms with Gasteiger partial charge in [-0.1, -0.05) is 60.7 Å². The summed E-state index contributed by atoms with van der Waals surface area (Å²) in [6.07, 6.45) is 0.165. The molecule has 1 atom stereocenters. The number of hydrogen-bond acceptors (Lipinski definition) is 5. The standard InChI is InChI=1S/C24H25N3O5S/c1-27(21-15-9-10-16-22(21)32-2)23(28)20(17-18-11-5-3-6-12-18)25-24(29)26-33(30,31)19-13-7-4-8-14-19/h3-16,20H,17H2,1-2H3,(H2,25,26,29). The molecule has 0 heterocycles. The summed E-state index contributed by atoms with van der Waals surface area (Å²) < 4.78 is 32.3. The fraction of sp³-hybridized carbons (Fsp3) is 0.167. The zero-order valence-corrected chi connectivity index (χ0v) is 19.1. The third-order valence-electron chi connectivity index (χ3n) is 4.94. The first-order valence-electron chi connectivity index (χ1n) is 10.1. The van der Waals surface area contributed by atoms with Crippen LogP contribution in [0.3, 0.4) is 0 Å². The first-order chi connectivity index (χ1) is 15.8. The van der Waals surface area contributed by atoms with E-state index in [1.54, 1.807) is 49.5 Å². The van der Waals surface area contributed by atoms with Gasteiger partial charge in [-0.3, -0.25) is 4.79 Å². The average Bonchev–Trinajstić information content (AvgIpc) is 2.83. The summed E-state index contributed by atoms with van der Waals surface area (Å²) >= 11 is 0. The predicted octanol–water partition coefficient (Wildman–Crippen LogP) is 2.96. The maximum atomic E-state index is 13.4. The lowest BCUT2D eigenvalue weighted by Crippen LogP contribution is -2.52. The Morgan fingerprint density at radius 1 is 0.909 bits per heavy atom. The summed E-state index contributed by atoms with van der Waals surface area (Å²) in [5.41, 5.74) is 1.32. The van der Waals surface area contributed by atoms with Gasteiger partial charge in [-0.25, -0.2) is 17.9 Å². The summed E-state index contributed by atoms with van der Waals surface area (Å²) in [6, 6.07) is 21.6. The molecule has 0 bridgehead atoms. The molecule has 172 valence electrons. The monoisotopic (exact) mass is 467 g/mol. The highest BCUT2D eigenvalue weighted by Gasteiger charge is 2.28. The van der Waals surface area contributed by atoms with Crippen molar-refractivity contribution in [3.63, 3.8) is 0 Å². The third-order valence-corrected chi connectivity index (χ3v) is 6.29. The number of likely N-dealkylation sites (N-methyl/N-ethyl adjacent to an activating group) is 1. The van der Waals surface area contributed by atoms with Crippen molar-refractivity contribution in [3.8, 4) is 5.75 Å². The molecule has 0 saturated heterocycles. The predicted molar refractivity (Wildman–Crippen MR) is 126 cm³/mol. The van der Waals surface area contributed by atoms with E-state index in [4.69, 9.17) is 4.74 Å². The molecule has 3 amide bonds. The van der Waals surface area contributed by atoms with Gasteiger partial charge < -0.3 is 15.0 Å². The van der Waals surface area contributed by atoms with E-state index >= 15 is 0 Å². The lowest BCUT2D eigenvalue weighted by molar-refractivity contribution is -0.120. The van der Waals surface area contributed by atoms with E-state index in [9.17, 15) is 18.0 Å². The number of nitrogens with zero attached hydrogens (tertiary/aromatic N) is 1. The minimum Gasteiger partial charge on any atom is -0.495 e. The lowest BCUT2D eigenvalue weighted by atomic mass is 10.0. The number of hydrogen-bond donors (Lipinski definition) is 2. The number of rotatable bonds is 8. The van der Waals surface area contributed by atoms with Crippen LogP contribution in [0.25, 0.3) is 0 Å². The van der Waals surface area contributed by atoms with Crippen molar-refractivity contribution < 1.29 is 22.7 Å². The van der Waals surface area contributed by atoms with Gasteiger partial charge in [0, 0.05) is 13.5 Å². The van der Waals surface area contributed by atoms with Crippen LogP contribution in [0.1, 0.15) is 5.56 Å². The van der Waals surface area contributed by atoms with Crippen LogP contribution in [0.15, 0.2) is 89.8 Å². The number of para-hydroxylation sites is 2. The SMILES string of the molecule is COc1ccccc1N(C)C(=O)C(Cc1ccccc1)NC(=O)NS(=O)(=O)c1ccccc1. The fourth-order valence-corrected chi connectivity index (χ4v) is 4.21. The van der Waals surface area contributed by atoms with Gasteiger partial charge in [0.1, 0.15) is 11.8 Å². The Labute approximate surface area is 193 Å². The number of urea groups is 1. The first kappa shape index (κ1) is 23.8. The van der Waals surface area contributed by atoms with Crippen molar-refractivity contribution in [1.82, 2.24) is 10.0 Å². The van der Waals surface area contributed by atoms with Crippen LogP contribution < -0.4 is 19.7 Å². The smallest absolute Gasteiger partial charge is 0.329 e. The summed E-state index contributed by atoms with van der Waals surface area (Å²) in [5, 5.41) is 2.52. The zero-order chi connectivity index (χ0) is 23.8. The Bertz CT molecular complexity index is 1200. The van der Waals surface area contributed by atoms with Crippen molar-refractivity contribution >= 4 is 27.6 Å². The minimum atomic E-state index is -4.09. The van der Waals surface area contributed by atoms with Gasteiger partial charge in [0.2, 0.25) is 5.91 Å². The van der Waals surface area contributed by atoms with Crippen molar-refractivity contribution in [2.24, 2.45) is 0 Å². The molecule has 3 rings (SSSR count). The van der Waals surface area contributed by atoms with Crippen LogP contribution in [0.2, 0.25) is 0 Å². The third kappa shape index (κ3) is 6.11. The maximum Gasteiger partial charge on any atom is 0.329 e. The summed E-state index contributed by atoms with van der Waals surface area (Å²) in [7, 11) is -1.03. The highest BCUT2D eigenvalue weighted by atomic mass is 32.2. The van der Waals surface area contributed by atoms with Gasteiger partial charge in [0.15, 0.2) is 0 Å². The molecule has 33 heavy (non-hydrogen) atoms. The van der Waals surface area contributed by atoms with Crippen LogP contribution in [0, 0.1) is 0 Å². The fourth-order valence-electron chi connectivity index (χ4n) is 3.28. The van der Waals surface area contributed by atoms with E-state index < -0.39 is 28.0 Å². The molecule has 8 nitrogen and oxygen atoms in total. The molecule has 0 aliphatic rings. The Morgan fingerprint density at radius 2 is 1.48 bits per heavy atom. The normalized spacial score (nSPS) is 11.8. The van der Waals surface area contributed by atoms with Crippen LogP contribution in [-0.2, 0) is 21.2 Å². The number of carbonyl (C=O) groups excluding carboxylic acids is 2. The Morgan fingerprint density at radius 3 is 2.12 bits per heavy atom. The number of benzene rings is 3. The van der Waals surface area contributed by atoms with Crippen molar-refractivity contribution in [3.05, 3.63) is 90.5 Å². The molecule has 1 unspecified atom stereocenters. The van der Waals surface area contributed by atoms with Gasteiger partial charge >= 0.3 is 6.03 Å². The van der Waals surface area contributed by atoms with Crippen molar-refractivity contribution in [2.45, 2.75) is 17.4 Å². The largest absolute Gasteiger partial charge is 0.495 e. The number of anilines is 1. The quantitative estimate of drug-likeness (QED) is 0.530. The van der Waals surface area contributed by atoms with Crippen molar-refractivity contribution in [1.29, 1.82) is 0 Å². The Balaban J connectivity index is 1.83. The van der Waals surface area contributed by atoms with Crippen LogP contribution in [0.5, 0.6) is 5.75 Å². The molecule has 0 fully saturated rings. The molecule has 0 spiro atoms. The number of methoxy groups -OCH3 is 1. The molecule has 0 radical (unpaired) electrons. The topological polar surface area (TPSA) is 105 Å². The number of amides is 3. The second kappa shape index (κ2) is 10.6. The highest BCUT2D eigenvalue weighted by molar-refractivity contribution is 7.90. The molecule has 3 aromatic rings. The van der Waals surface area contributed by atoms with Crippen molar-refractivity contribution in [2.75, 3.05) is 19.1 Å². The van der Waals surface area contributed by atoms with Gasteiger partial charge in [0.05, 0.1) is 17.7 Å². The molecular weight excluding hydrogens is 442 g/mol. The number of nitrogens with one attached hydrogen (secondary N) is 2. The maximum absolute atomic E-state index is 13.4. The summed E-state index contributed by atoms with van der Waals surface area (Å²) in [6.45, 7) is 0. The number of carbonyl (C=O) groups is 2. The van der Waals surface area contributed by atoms with Gasteiger partial charge in [0.25, 0.3) is 10.0 Å². The summed E-state index contributed by atoms with van der Waals surface area (Å²) in [5.74, 6) is 0.0542.